The van der Waals surface area contributed by atoms with Crippen LogP contribution in [0.5, 0.6) is 0 Å². The summed E-state index contributed by atoms with van der Waals surface area (Å²) in [6.07, 6.45) is 2.52. The van der Waals surface area contributed by atoms with Crippen LogP contribution in [0.3, 0.4) is 0 Å². The SMILES string of the molecule is C=COCCC.O. The number of rotatable bonds is 3. The molecule has 0 rings (SSSR count). The molecule has 0 saturated heterocycles. The van der Waals surface area contributed by atoms with E-state index in [1.54, 1.807) is 0 Å². The molecule has 2 heteroatoms. The second-order valence-electron chi connectivity index (χ2n) is 1.04. The van der Waals surface area contributed by atoms with Crippen LogP contribution in [-0.4, -0.2) is 12.1 Å². The Bertz CT molecular complexity index is 35.1. The Hall–Kier alpha value is -0.500. The molecule has 0 fully saturated rings. The molecule has 0 aromatic carbocycles. The van der Waals surface area contributed by atoms with E-state index in [4.69, 9.17) is 4.74 Å². The van der Waals surface area contributed by atoms with Crippen molar-refractivity contribution in [2.75, 3.05) is 6.61 Å². The maximum absolute atomic E-state index is 4.75. The van der Waals surface area contributed by atoms with Gasteiger partial charge in [0.2, 0.25) is 0 Å². The van der Waals surface area contributed by atoms with Crippen LogP contribution in [0.1, 0.15) is 13.3 Å². The first-order valence-electron chi connectivity index (χ1n) is 2.14. The zero-order chi connectivity index (χ0) is 4.83. The molecule has 7 heavy (non-hydrogen) atoms. The molecule has 2 nitrogen and oxygen atoms in total. The lowest BCUT2D eigenvalue weighted by Gasteiger charge is -1.90. The van der Waals surface area contributed by atoms with Crippen LogP contribution in [-0.2, 0) is 4.74 Å². The first kappa shape index (κ1) is 9.71. The van der Waals surface area contributed by atoms with Gasteiger partial charge in [-0.25, -0.2) is 0 Å². The summed E-state index contributed by atoms with van der Waals surface area (Å²) in [7, 11) is 0. The van der Waals surface area contributed by atoms with E-state index in [2.05, 4.69) is 13.5 Å². The third kappa shape index (κ3) is 10.8. The van der Waals surface area contributed by atoms with Crippen LogP contribution < -0.4 is 0 Å². The van der Waals surface area contributed by atoms with Crippen LogP contribution in [0, 0.1) is 0 Å². The van der Waals surface area contributed by atoms with E-state index in [1.807, 2.05) is 0 Å². The summed E-state index contributed by atoms with van der Waals surface area (Å²) in [4.78, 5) is 0. The largest absolute Gasteiger partial charge is 0.502 e. The third-order valence-electron chi connectivity index (χ3n) is 0.440. The highest BCUT2D eigenvalue weighted by Gasteiger charge is 1.68. The van der Waals surface area contributed by atoms with Crippen molar-refractivity contribution >= 4 is 0 Å². The van der Waals surface area contributed by atoms with Crippen molar-refractivity contribution in [1.29, 1.82) is 0 Å². The van der Waals surface area contributed by atoms with Gasteiger partial charge in [0.1, 0.15) is 0 Å². The van der Waals surface area contributed by atoms with Gasteiger partial charge >= 0.3 is 0 Å². The Morgan fingerprint density at radius 3 is 2.43 bits per heavy atom. The third-order valence-corrected chi connectivity index (χ3v) is 0.440. The first-order chi connectivity index (χ1) is 2.91. The Labute approximate surface area is 44.1 Å². The van der Waals surface area contributed by atoms with E-state index in [0.717, 1.165) is 13.0 Å². The van der Waals surface area contributed by atoms with Crippen molar-refractivity contribution in [3.63, 3.8) is 0 Å². The number of hydrogen-bond acceptors (Lipinski definition) is 1. The average Bonchev–Trinajstić information content (AvgIpc) is 1.61. The second-order valence-corrected chi connectivity index (χ2v) is 1.04. The van der Waals surface area contributed by atoms with Gasteiger partial charge in [-0.2, -0.15) is 0 Å². The maximum atomic E-state index is 4.75. The lowest BCUT2D eigenvalue weighted by atomic mass is 10.5. The minimum Gasteiger partial charge on any atom is -0.502 e. The van der Waals surface area contributed by atoms with E-state index in [1.165, 1.54) is 6.26 Å². The monoisotopic (exact) mass is 104 g/mol. The van der Waals surface area contributed by atoms with Gasteiger partial charge in [0.05, 0.1) is 12.9 Å². The van der Waals surface area contributed by atoms with E-state index in [0.29, 0.717) is 0 Å². The maximum Gasteiger partial charge on any atom is 0.0870 e. The second kappa shape index (κ2) is 9.09. The predicted octanol–water partition coefficient (Wildman–Crippen LogP) is 0.732. The molecule has 0 spiro atoms. The zero-order valence-corrected chi connectivity index (χ0v) is 4.61. The highest BCUT2D eigenvalue weighted by molar-refractivity contribution is 4.46. The molecule has 0 bridgehead atoms. The highest BCUT2D eigenvalue weighted by Crippen LogP contribution is 1.76. The summed E-state index contributed by atoms with van der Waals surface area (Å²) in [6.45, 7) is 6.23. The fourth-order valence-electron chi connectivity index (χ4n) is 0.201. The zero-order valence-electron chi connectivity index (χ0n) is 4.61. The van der Waals surface area contributed by atoms with Crippen molar-refractivity contribution in [1.82, 2.24) is 0 Å². The molecule has 0 radical (unpaired) electrons. The van der Waals surface area contributed by atoms with E-state index >= 15 is 0 Å². The van der Waals surface area contributed by atoms with Gasteiger partial charge in [-0.15, -0.1) is 0 Å². The summed E-state index contributed by atoms with van der Waals surface area (Å²) in [5.41, 5.74) is 0. The van der Waals surface area contributed by atoms with Gasteiger partial charge in [-0.05, 0) is 6.42 Å². The van der Waals surface area contributed by atoms with E-state index in [-0.39, 0.29) is 5.48 Å². The van der Waals surface area contributed by atoms with Crippen LogP contribution in [0.25, 0.3) is 0 Å². The summed E-state index contributed by atoms with van der Waals surface area (Å²) in [5.74, 6) is 0. The van der Waals surface area contributed by atoms with Gasteiger partial charge < -0.3 is 10.2 Å². The fraction of sp³-hybridized carbons (Fsp3) is 0.600. The van der Waals surface area contributed by atoms with E-state index in [9.17, 15) is 0 Å². The Morgan fingerprint density at radius 1 is 1.71 bits per heavy atom. The van der Waals surface area contributed by atoms with Crippen molar-refractivity contribution in [3.05, 3.63) is 12.8 Å². The molecule has 0 aliphatic carbocycles. The van der Waals surface area contributed by atoms with Gasteiger partial charge in [0.25, 0.3) is 0 Å². The number of hydrogen-bond donors (Lipinski definition) is 0. The highest BCUT2D eigenvalue weighted by atomic mass is 16.5. The Balaban J connectivity index is 0. The summed E-state index contributed by atoms with van der Waals surface area (Å²) in [6, 6.07) is 0. The Morgan fingerprint density at radius 2 is 2.29 bits per heavy atom. The molecule has 44 valence electrons. The lowest BCUT2D eigenvalue weighted by Crippen LogP contribution is -1.79. The van der Waals surface area contributed by atoms with Gasteiger partial charge in [-0.1, -0.05) is 13.5 Å². The van der Waals surface area contributed by atoms with Crippen LogP contribution in [0.2, 0.25) is 0 Å². The molecule has 0 aliphatic rings. The smallest absolute Gasteiger partial charge is 0.0870 e. The van der Waals surface area contributed by atoms with Gasteiger partial charge in [0.15, 0.2) is 0 Å². The molecule has 0 atom stereocenters. The van der Waals surface area contributed by atoms with Crippen LogP contribution in [0.15, 0.2) is 12.8 Å². The van der Waals surface area contributed by atoms with Crippen molar-refractivity contribution in [2.45, 2.75) is 13.3 Å². The standard InChI is InChI=1S/C5H10O.H2O/c1-3-5-6-4-2;/h4H,2-3,5H2,1H3;1H2. The molecule has 0 amide bonds. The fourth-order valence-corrected chi connectivity index (χ4v) is 0.201. The Kier molecular flexibility index (Phi) is 12.6. The van der Waals surface area contributed by atoms with Crippen LogP contribution >= 0.6 is 0 Å². The lowest BCUT2D eigenvalue weighted by molar-refractivity contribution is 0.251. The molecule has 0 unspecified atom stereocenters. The minimum absolute atomic E-state index is 0. The van der Waals surface area contributed by atoms with Crippen molar-refractivity contribution < 1.29 is 10.2 Å². The molecule has 0 heterocycles. The van der Waals surface area contributed by atoms with Crippen molar-refractivity contribution in [3.8, 4) is 0 Å². The van der Waals surface area contributed by atoms with Gasteiger partial charge in [-0.3, -0.25) is 0 Å². The molecule has 0 aromatic heterocycles. The summed E-state index contributed by atoms with van der Waals surface area (Å²) < 4.78 is 4.75. The summed E-state index contributed by atoms with van der Waals surface area (Å²) in [5, 5.41) is 0. The molecular formula is C5H12O2. The quantitative estimate of drug-likeness (QED) is 0.384. The number of ether oxygens (including phenoxy) is 1. The molecule has 0 aromatic rings. The minimum atomic E-state index is 0. The van der Waals surface area contributed by atoms with Crippen molar-refractivity contribution in [2.24, 2.45) is 0 Å². The topological polar surface area (TPSA) is 40.7 Å². The van der Waals surface area contributed by atoms with Crippen LogP contribution in [0.4, 0.5) is 0 Å². The summed E-state index contributed by atoms with van der Waals surface area (Å²) >= 11 is 0. The molecule has 0 aliphatic heterocycles. The predicted molar refractivity (Wildman–Crippen MR) is 30.1 cm³/mol. The first-order valence-corrected chi connectivity index (χ1v) is 2.14. The normalized spacial score (nSPS) is 6.43. The molecular weight excluding hydrogens is 92.1 g/mol. The van der Waals surface area contributed by atoms with E-state index < -0.39 is 0 Å². The van der Waals surface area contributed by atoms with Gasteiger partial charge in [0, 0.05) is 0 Å². The average molecular weight is 104 g/mol. The molecule has 2 N–H and O–H groups in total. The molecule has 0 saturated carbocycles.